The van der Waals surface area contributed by atoms with Gasteiger partial charge in [0.05, 0.1) is 0 Å². The third-order valence-electron chi connectivity index (χ3n) is 2.29. The third kappa shape index (κ3) is 6.97. The van der Waals surface area contributed by atoms with Crippen molar-refractivity contribution in [2.75, 3.05) is 27.2 Å². The Hall–Kier alpha value is -1.06. The van der Waals surface area contributed by atoms with Crippen LogP contribution in [0.4, 0.5) is 0 Å². The van der Waals surface area contributed by atoms with Crippen molar-refractivity contribution >= 4 is 0 Å². The molecule has 0 aromatic heterocycles. The maximum absolute atomic E-state index is 9.45. The minimum atomic E-state index is 0.0331. The van der Waals surface area contributed by atoms with Gasteiger partial charge in [-0.25, -0.2) is 0 Å². The zero-order valence-corrected chi connectivity index (χ0v) is 11.7. The minimum Gasteiger partial charge on any atom is -0.508 e. The molecule has 1 aromatic carbocycles. The number of likely N-dealkylation sites (N-methyl/N-ethyl adjacent to an activating group) is 1. The maximum Gasteiger partial charge on any atom is 0.119 e. The third-order valence-corrected chi connectivity index (χ3v) is 2.29. The fourth-order valence-corrected chi connectivity index (χ4v) is 1.37. The van der Waals surface area contributed by atoms with E-state index in [4.69, 9.17) is 5.73 Å². The zero-order chi connectivity index (χ0) is 13.5. The standard InChI is InChI=1S/C10H14O.C4H12N2/c1-10(2,3)8-6-4-5-7-9(8)11;1-6(2)4-3-5/h4-7,11H,1-3H3;3-5H2,1-2H3. The van der Waals surface area contributed by atoms with Crippen molar-refractivity contribution < 1.29 is 5.11 Å². The van der Waals surface area contributed by atoms with E-state index in [-0.39, 0.29) is 5.41 Å². The smallest absolute Gasteiger partial charge is 0.119 e. The van der Waals surface area contributed by atoms with E-state index in [1.54, 1.807) is 6.07 Å². The van der Waals surface area contributed by atoms with Crippen molar-refractivity contribution in [2.24, 2.45) is 5.73 Å². The fraction of sp³-hybridized carbons (Fsp3) is 0.571. The quantitative estimate of drug-likeness (QED) is 0.830. The van der Waals surface area contributed by atoms with Gasteiger partial charge in [-0.1, -0.05) is 39.0 Å². The second-order valence-corrected chi connectivity index (χ2v) is 5.36. The van der Waals surface area contributed by atoms with E-state index in [9.17, 15) is 5.11 Å². The second-order valence-electron chi connectivity index (χ2n) is 5.36. The molecule has 0 aliphatic carbocycles. The molecule has 3 heteroatoms. The average Bonchev–Trinajstić information content (AvgIpc) is 2.17. The summed E-state index contributed by atoms with van der Waals surface area (Å²) in [6, 6.07) is 7.46. The first kappa shape index (κ1) is 15.9. The summed E-state index contributed by atoms with van der Waals surface area (Å²) in [5.41, 5.74) is 6.22. The van der Waals surface area contributed by atoms with Gasteiger partial charge in [0, 0.05) is 13.1 Å². The maximum atomic E-state index is 9.45. The van der Waals surface area contributed by atoms with Crippen LogP contribution >= 0.6 is 0 Å². The van der Waals surface area contributed by atoms with Gasteiger partial charge in [0.2, 0.25) is 0 Å². The van der Waals surface area contributed by atoms with Crippen molar-refractivity contribution in [2.45, 2.75) is 26.2 Å². The summed E-state index contributed by atoms with van der Waals surface area (Å²) in [6.07, 6.45) is 0. The molecule has 0 heterocycles. The Morgan fingerprint density at radius 3 is 1.94 bits per heavy atom. The average molecular weight is 238 g/mol. The van der Waals surface area contributed by atoms with Crippen molar-refractivity contribution in [3.63, 3.8) is 0 Å². The molecular formula is C14H26N2O. The summed E-state index contributed by atoms with van der Waals surface area (Å²) < 4.78 is 0. The van der Waals surface area contributed by atoms with Crippen molar-refractivity contribution in [1.29, 1.82) is 0 Å². The van der Waals surface area contributed by atoms with Gasteiger partial charge in [-0.3, -0.25) is 0 Å². The van der Waals surface area contributed by atoms with Gasteiger partial charge in [-0.2, -0.15) is 0 Å². The summed E-state index contributed by atoms with van der Waals surface area (Å²) in [7, 11) is 4.01. The molecular weight excluding hydrogens is 212 g/mol. The molecule has 0 spiro atoms. The molecule has 0 saturated carbocycles. The number of aromatic hydroxyl groups is 1. The Labute approximate surface area is 105 Å². The highest BCUT2D eigenvalue weighted by atomic mass is 16.3. The number of hydrogen-bond acceptors (Lipinski definition) is 3. The lowest BCUT2D eigenvalue weighted by atomic mass is 9.86. The van der Waals surface area contributed by atoms with E-state index in [1.807, 2.05) is 32.3 Å². The Morgan fingerprint density at radius 1 is 1.18 bits per heavy atom. The van der Waals surface area contributed by atoms with Crippen LogP contribution in [0.15, 0.2) is 24.3 Å². The van der Waals surface area contributed by atoms with Gasteiger partial charge in [-0.05, 0) is 31.1 Å². The van der Waals surface area contributed by atoms with E-state index in [0.29, 0.717) is 5.75 Å². The largest absolute Gasteiger partial charge is 0.508 e. The van der Waals surface area contributed by atoms with E-state index < -0.39 is 0 Å². The number of hydrogen-bond donors (Lipinski definition) is 2. The van der Waals surface area contributed by atoms with E-state index in [1.165, 1.54) is 0 Å². The molecule has 0 aliphatic rings. The number of benzene rings is 1. The molecule has 3 nitrogen and oxygen atoms in total. The molecule has 0 saturated heterocycles. The number of nitrogens with two attached hydrogens (primary N) is 1. The lowest BCUT2D eigenvalue weighted by Crippen LogP contribution is -2.20. The van der Waals surface area contributed by atoms with Gasteiger partial charge < -0.3 is 15.7 Å². The number of nitrogens with zero attached hydrogens (tertiary/aromatic N) is 1. The molecule has 0 aliphatic heterocycles. The molecule has 0 radical (unpaired) electrons. The number of phenols is 1. The summed E-state index contributed by atoms with van der Waals surface area (Å²) in [5, 5.41) is 9.45. The molecule has 17 heavy (non-hydrogen) atoms. The summed E-state index contributed by atoms with van der Waals surface area (Å²) >= 11 is 0. The minimum absolute atomic E-state index is 0.0331. The highest BCUT2D eigenvalue weighted by molar-refractivity contribution is 5.36. The SMILES string of the molecule is CC(C)(C)c1ccccc1O.CN(C)CCN. The summed E-state index contributed by atoms with van der Waals surface area (Å²) in [4.78, 5) is 2.06. The first-order valence-corrected chi connectivity index (χ1v) is 5.92. The molecule has 0 bridgehead atoms. The van der Waals surface area contributed by atoms with Crippen molar-refractivity contribution in [3.8, 4) is 5.75 Å². The number of para-hydroxylation sites is 1. The van der Waals surface area contributed by atoms with E-state index in [2.05, 4.69) is 25.7 Å². The topological polar surface area (TPSA) is 49.5 Å². The van der Waals surface area contributed by atoms with Crippen LogP contribution in [0.2, 0.25) is 0 Å². The highest BCUT2D eigenvalue weighted by Gasteiger charge is 2.16. The van der Waals surface area contributed by atoms with Gasteiger partial charge >= 0.3 is 0 Å². The van der Waals surface area contributed by atoms with E-state index in [0.717, 1.165) is 18.7 Å². The normalized spacial score (nSPS) is 11.0. The molecule has 98 valence electrons. The Bertz CT molecular complexity index is 316. The van der Waals surface area contributed by atoms with Crippen LogP contribution in [0.1, 0.15) is 26.3 Å². The van der Waals surface area contributed by atoms with Crippen LogP contribution in [0, 0.1) is 0 Å². The molecule has 1 rings (SSSR count). The molecule has 0 unspecified atom stereocenters. The molecule has 3 N–H and O–H groups in total. The first-order chi connectivity index (χ1) is 7.79. The monoisotopic (exact) mass is 238 g/mol. The molecule has 0 amide bonds. The lowest BCUT2D eigenvalue weighted by Gasteiger charge is -2.19. The predicted octanol–water partition coefficient (Wildman–Crippen LogP) is 2.20. The number of rotatable bonds is 2. The van der Waals surface area contributed by atoms with Crippen LogP contribution in [0.5, 0.6) is 5.75 Å². The molecule has 0 fully saturated rings. The van der Waals surface area contributed by atoms with E-state index >= 15 is 0 Å². The zero-order valence-electron chi connectivity index (χ0n) is 11.7. The summed E-state index contributed by atoms with van der Waals surface area (Å²) in [5.74, 6) is 0.389. The predicted molar refractivity (Wildman–Crippen MR) is 74.4 cm³/mol. The second kappa shape index (κ2) is 7.30. The number of phenolic OH excluding ortho intramolecular Hbond substituents is 1. The Kier molecular flexibility index (Phi) is 6.85. The van der Waals surface area contributed by atoms with Crippen molar-refractivity contribution in [1.82, 2.24) is 4.90 Å². The van der Waals surface area contributed by atoms with Gasteiger partial charge in [0.25, 0.3) is 0 Å². The Balaban J connectivity index is 0.000000366. The molecule has 1 aromatic rings. The first-order valence-electron chi connectivity index (χ1n) is 5.92. The highest BCUT2D eigenvalue weighted by Crippen LogP contribution is 2.29. The van der Waals surface area contributed by atoms with Crippen LogP contribution in [-0.4, -0.2) is 37.2 Å². The van der Waals surface area contributed by atoms with Gasteiger partial charge in [-0.15, -0.1) is 0 Å². The Morgan fingerprint density at radius 2 is 1.71 bits per heavy atom. The van der Waals surface area contributed by atoms with Crippen LogP contribution in [0.3, 0.4) is 0 Å². The summed E-state index contributed by atoms with van der Waals surface area (Å²) in [6.45, 7) is 8.00. The van der Waals surface area contributed by atoms with Gasteiger partial charge in [0.1, 0.15) is 5.75 Å². The van der Waals surface area contributed by atoms with Crippen LogP contribution in [0.25, 0.3) is 0 Å². The lowest BCUT2D eigenvalue weighted by molar-refractivity contribution is 0.420. The van der Waals surface area contributed by atoms with Gasteiger partial charge in [0.15, 0.2) is 0 Å². The van der Waals surface area contributed by atoms with Crippen LogP contribution < -0.4 is 5.73 Å². The van der Waals surface area contributed by atoms with Crippen LogP contribution in [-0.2, 0) is 5.41 Å². The van der Waals surface area contributed by atoms with Crippen molar-refractivity contribution in [3.05, 3.63) is 29.8 Å². The molecule has 0 atom stereocenters. The fourth-order valence-electron chi connectivity index (χ4n) is 1.37.